The molecule has 0 amide bonds. The summed E-state index contributed by atoms with van der Waals surface area (Å²) in [5, 5.41) is 0. The van der Waals surface area contributed by atoms with Gasteiger partial charge in [-0.3, -0.25) is 0 Å². The topological polar surface area (TPSA) is 74.7 Å². The molecule has 1 aliphatic heterocycles. The third-order valence-electron chi connectivity index (χ3n) is 3.45. The zero-order valence-corrected chi connectivity index (χ0v) is 11.3. The van der Waals surface area contributed by atoms with Crippen LogP contribution in [0.3, 0.4) is 0 Å². The van der Waals surface area contributed by atoms with Crippen molar-refractivity contribution in [1.82, 2.24) is 0 Å². The number of nitrogens with two attached hydrogens (primary N) is 1. The van der Waals surface area contributed by atoms with Crippen LogP contribution in [0.2, 0.25) is 0 Å². The average Bonchev–Trinajstić information content (AvgIpc) is 2.95. The lowest BCUT2D eigenvalue weighted by atomic mass is 10.0. The number of rotatable bonds is 5. The Bertz CT molecular complexity index is 409. The number of esters is 1. The summed E-state index contributed by atoms with van der Waals surface area (Å²) in [6.07, 6.45) is 5.53. The van der Waals surface area contributed by atoms with Gasteiger partial charge < -0.3 is 19.6 Å². The van der Waals surface area contributed by atoms with E-state index in [4.69, 9.17) is 14.9 Å². The van der Waals surface area contributed by atoms with Crippen LogP contribution in [0.5, 0.6) is 0 Å². The second-order valence-electron chi connectivity index (χ2n) is 4.87. The summed E-state index contributed by atoms with van der Waals surface area (Å²) >= 11 is 0. The summed E-state index contributed by atoms with van der Waals surface area (Å²) in [4.78, 5) is 11.3. The van der Waals surface area contributed by atoms with Crippen molar-refractivity contribution in [2.24, 2.45) is 5.73 Å². The maximum Gasteiger partial charge on any atom is 0.373 e. The van der Waals surface area contributed by atoms with Gasteiger partial charge >= 0.3 is 5.97 Å². The molecule has 1 aromatic heterocycles. The van der Waals surface area contributed by atoms with E-state index in [-0.39, 0.29) is 11.8 Å². The van der Waals surface area contributed by atoms with Gasteiger partial charge in [0, 0.05) is 6.61 Å². The molecule has 0 spiro atoms. The first-order valence-corrected chi connectivity index (χ1v) is 6.76. The first-order chi connectivity index (χ1) is 9.20. The van der Waals surface area contributed by atoms with E-state index in [1.165, 1.54) is 13.5 Å². The molecule has 0 saturated carbocycles. The molecule has 1 aliphatic rings. The number of carbonyl (C=O) groups excluding carboxylic acids is 1. The Hall–Kier alpha value is -1.33. The Morgan fingerprint density at radius 3 is 3.05 bits per heavy atom. The molecule has 5 nitrogen and oxygen atoms in total. The molecular weight excluding hydrogens is 246 g/mol. The van der Waals surface area contributed by atoms with Crippen molar-refractivity contribution in [3.63, 3.8) is 0 Å². The SMILES string of the molecule is COC(=O)c1ccc(C(N)CCC2CCCCO2)o1. The number of methoxy groups -OCH3 is 1. The fourth-order valence-electron chi connectivity index (χ4n) is 2.31. The van der Waals surface area contributed by atoms with Crippen LogP contribution in [0.4, 0.5) is 0 Å². The Labute approximate surface area is 113 Å². The fourth-order valence-corrected chi connectivity index (χ4v) is 2.31. The van der Waals surface area contributed by atoms with Gasteiger partial charge in [-0.25, -0.2) is 4.79 Å². The van der Waals surface area contributed by atoms with Crippen molar-refractivity contribution in [1.29, 1.82) is 0 Å². The minimum atomic E-state index is -0.478. The molecule has 2 rings (SSSR count). The standard InChI is InChI=1S/C14H21NO4/c1-17-14(16)13-8-7-12(19-13)11(15)6-5-10-4-2-3-9-18-10/h7-8,10-11H,2-6,9,15H2,1H3. The van der Waals surface area contributed by atoms with Crippen LogP contribution in [-0.4, -0.2) is 25.8 Å². The van der Waals surface area contributed by atoms with Gasteiger partial charge in [-0.1, -0.05) is 0 Å². The van der Waals surface area contributed by atoms with E-state index in [0.29, 0.717) is 11.9 Å². The van der Waals surface area contributed by atoms with Gasteiger partial charge in [0.1, 0.15) is 5.76 Å². The van der Waals surface area contributed by atoms with Gasteiger partial charge in [-0.2, -0.15) is 0 Å². The van der Waals surface area contributed by atoms with E-state index >= 15 is 0 Å². The number of ether oxygens (including phenoxy) is 2. The molecule has 1 fully saturated rings. The Balaban J connectivity index is 1.83. The average molecular weight is 267 g/mol. The smallest absolute Gasteiger partial charge is 0.373 e. The predicted octanol–water partition coefficient (Wildman–Crippen LogP) is 2.42. The largest absolute Gasteiger partial charge is 0.463 e. The summed E-state index contributed by atoms with van der Waals surface area (Å²) in [5.41, 5.74) is 6.07. The fraction of sp³-hybridized carbons (Fsp3) is 0.643. The minimum absolute atomic E-state index is 0.196. The van der Waals surface area contributed by atoms with Crippen LogP contribution in [0.1, 0.15) is 54.5 Å². The Morgan fingerprint density at radius 2 is 2.37 bits per heavy atom. The van der Waals surface area contributed by atoms with Gasteiger partial charge in [-0.15, -0.1) is 0 Å². The highest BCUT2D eigenvalue weighted by molar-refractivity contribution is 5.86. The predicted molar refractivity (Wildman–Crippen MR) is 69.8 cm³/mol. The number of hydrogen-bond donors (Lipinski definition) is 1. The molecule has 0 bridgehead atoms. The molecule has 2 atom stereocenters. The second kappa shape index (κ2) is 6.73. The summed E-state index contributed by atoms with van der Waals surface area (Å²) in [6, 6.07) is 3.13. The lowest BCUT2D eigenvalue weighted by Crippen LogP contribution is -2.21. The van der Waals surface area contributed by atoms with Crippen LogP contribution in [0, 0.1) is 0 Å². The van der Waals surface area contributed by atoms with Gasteiger partial charge in [0.05, 0.1) is 19.3 Å². The second-order valence-corrected chi connectivity index (χ2v) is 4.87. The monoisotopic (exact) mass is 267 g/mol. The molecule has 106 valence electrons. The first-order valence-electron chi connectivity index (χ1n) is 6.76. The van der Waals surface area contributed by atoms with Crippen molar-refractivity contribution in [3.05, 3.63) is 23.7 Å². The lowest BCUT2D eigenvalue weighted by Gasteiger charge is -2.23. The maximum atomic E-state index is 11.3. The zero-order chi connectivity index (χ0) is 13.7. The summed E-state index contributed by atoms with van der Waals surface area (Å²) < 4.78 is 15.7. The van der Waals surface area contributed by atoms with Crippen LogP contribution < -0.4 is 5.73 Å². The van der Waals surface area contributed by atoms with E-state index < -0.39 is 5.97 Å². The molecule has 0 radical (unpaired) electrons. The molecule has 5 heteroatoms. The summed E-state index contributed by atoms with van der Waals surface area (Å²) in [7, 11) is 1.32. The first kappa shape index (κ1) is 14.1. The quantitative estimate of drug-likeness (QED) is 0.829. The minimum Gasteiger partial charge on any atom is -0.463 e. The third-order valence-corrected chi connectivity index (χ3v) is 3.45. The van der Waals surface area contributed by atoms with E-state index in [9.17, 15) is 4.79 Å². The van der Waals surface area contributed by atoms with E-state index in [0.717, 1.165) is 32.3 Å². The van der Waals surface area contributed by atoms with Crippen molar-refractivity contribution in [2.75, 3.05) is 13.7 Å². The maximum absolute atomic E-state index is 11.3. The highest BCUT2D eigenvalue weighted by Crippen LogP contribution is 2.23. The molecule has 2 heterocycles. The van der Waals surface area contributed by atoms with Crippen LogP contribution >= 0.6 is 0 Å². The molecule has 1 saturated heterocycles. The number of carbonyl (C=O) groups is 1. The lowest BCUT2D eigenvalue weighted by molar-refractivity contribution is 0.00881. The molecule has 0 aromatic carbocycles. The molecule has 1 aromatic rings. The van der Waals surface area contributed by atoms with Gasteiger partial charge in [0.25, 0.3) is 0 Å². The van der Waals surface area contributed by atoms with Gasteiger partial charge in [0.15, 0.2) is 0 Å². The summed E-state index contributed by atoms with van der Waals surface area (Å²) in [5.74, 6) is 0.340. The van der Waals surface area contributed by atoms with Crippen LogP contribution in [0.15, 0.2) is 16.5 Å². The summed E-state index contributed by atoms with van der Waals surface area (Å²) in [6.45, 7) is 0.854. The molecule has 2 N–H and O–H groups in total. The van der Waals surface area contributed by atoms with E-state index in [2.05, 4.69) is 4.74 Å². The van der Waals surface area contributed by atoms with E-state index in [1.807, 2.05) is 0 Å². The highest BCUT2D eigenvalue weighted by Gasteiger charge is 2.19. The number of hydrogen-bond acceptors (Lipinski definition) is 5. The van der Waals surface area contributed by atoms with Crippen LogP contribution in [-0.2, 0) is 9.47 Å². The van der Waals surface area contributed by atoms with Gasteiger partial charge in [0.2, 0.25) is 5.76 Å². The highest BCUT2D eigenvalue weighted by atomic mass is 16.5. The molecule has 0 aliphatic carbocycles. The molecule has 19 heavy (non-hydrogen) atoms. The molecular formula is C14H21NO4. The van der Waals surface area contributed by atoms with E-state index in [1.54, 1.807) is 12.1 Å². The van der Waals surface area contributed by atoms with Crippen molar-refractivity contribution >= 4 is 5.97 Å². The number of furan rings is 1. The zero-order valence-electron chi connectivity index (χ0n) is 11.3. The Morgan fingerprint density at radius 1 is 1.53 bits per heavy atom. The third kappa shape index (κ3) is 3.81. The van der Waals surface area contributed by atoms with Crippen LogP contribution in [0.25, 0.3) is 0 Å². The van der Waals surface area contributed by atoms with Crippen molar-refractivity contribution in [2.45, 2.75) is 44.2 Å². The Kier molecular flexibility index (Phi) is 4.99. The normalized spacial score (nSPS) is 21.1. The van der Waals surface area contributed by atoms with Gasteiger partial charge in [-0.05, 0) is 44.2 Å². The van der Waals surface area contributed by atoms with Crippen molar-refractivity contribution in [3.8, 4) is 0 Å². The van der Waals surface area contributed by atoms with Crippen molar-refractivity contribution < 1.29 is 18.7 Å². The molecule has 2 unspecified atom stereocenters.